The van der Waals surface area contributed by atoms with Crippen LogP contribution in [-0.2, 0) is 9.59 Å². The fourth-order valence-electron chi connectivity index (χ4n) is 4.62. The number of hydrogen-bond acceptors (Lipinski definition) is 5. The summed E-state index contributed by atoms with van der Waals surface area (Å²) in [4.78, 5) is 31.0. The lowest BCUT2D eigenvalue weighted by atomic mass is 9.93. The number of carbonyl (C=O) groups excluding carboxylic acids is 2. The third-order valence-corrected chi connectivity index (χ3v) is 7.34. The van der Waals surface area contributed by atoms with E-state index in [1.165, 1.54) is 11.6 Å². The highest BCUT2D eigenvalue weighted by atomic mass is 32.1. The third kappa shape index (κ3) is 5.38. The van der Waals surface area contributed by atoms with Gasteiger partial charge in [0, 0.05) is 69.5 Å². The Balaban J connectivity index is 1.46. The van der Waals surface area contributed by atoms with Gasteiger partial charge in [-0.15, -0.1) is 0 Å². The molecule has 1 aromatic rings. The molecule has 0 spiro atoms. The Hall–Kier alpha value is -1.70. The van der Waals surface area contributed by atoms with Gasteiger partial charge in [-0.25, -0.2) is 4.39 Å². The fourth-order valence-corrected chi connectivity index (χ4v) is 4.93. The van der Waals surface area contributed by atoms with Crippen molar-refractivity contribution in [2.24, 2.45) is 5.92 Å². The topological polar surface area (TPSA) is 43.9 Å². The van der Waals surface area contributed by atoms with Gasteiger partial charge in [0.15, 0.2) is 5.78 Å². The Morgan fingerprint density at radius 2 is 1.84 bits per heavy atom. The molecule has 2 heterocycles. The summed E-state index contributed by atoms with van der Waals surface area (Å²) in [6.07, 6.45) is 4.91. The second-order valence-corrected chi connectivity index (χ2v) is 9.58. The third-order valence-electron chi connectivity index (χ3n) is 6.75. The number of piperazine rings is 1. The molecule has 4 rings (SSSR count). The van der Waals surface area contributed by atoms with Crippen molar-refractivity contribution in [1.29, 1.82) is 0 Å². The minimum Gasteiger partial charge on any atom is -0.340 e. The second kappa shape index (κ2) is 9.84. The number of piperidine rings is 1. The van der Waals surface area contributed by atoms with Crippen molar-refractivity contribution in [3.63, 3.8) is 0 Å². The largest absolute Gasteiger partial charge is 0.340 e. The Bertz CT molecular complexity index is 849. The number of rotatable bonds is 6. The number of nitrogens with zero attached hydrogens (tertiary/aromatic N) is 3. The molecule has 0 aromatic heterocycles. The van der Waals surface area contributed by atoms with Crippen molar-refractivity contribution >= 4 is 24.3 Å². The van der Waals surface area contributed by atoms with Crippen LogP contribution in [0, 0.1) is 11.7 Å². The Labute approximate surface area is 189 Å². The molecule has 0 radical (unpaired) electrons. The number of Topliss-reactive ketones (excluding diaryl/α,β-unsaturated/α-hetero) is 1. The van der Waals surface area contributed by atoms with E-state index in [1.807, 2.05) is 11.0 Å². The van der Waals surface area contributed by atoms with Crippen molar-refractivity contribution in [3.05, 3.63) is 47.3 Å². The maximum atomic E-state index is 14.6. The molecular weight excluding hydrogens is 413 g/mol. The predicted molar refractivity (Wildman–Crippen MR) is 123 cm³/mol. The highest BCUT2D eigenvalue weighted by Gasteiger charge is 2.40. The number of carbonyl (C=O) groups is 2. The maximum absolute atomic E-state index is 14.6. The van der Waals surface area contributed by atoms with Crippen molar-refractivity contribution < 1.29 is 14.0 Å². The van der Waals surface area contributed by atoms with Gasteiger partial charge in [-0.05, 0) is 30.9 Å². The predicted octanol–water partition coefficient (Wildman–Crippen LogP) is 2.94. The van der Waals surface area contributed by atoms with Crippen molar-refractivity contribution in [3.8, 4) is 0 Å². The molecule has 5 nitrogen and oxygen atoms in total. The van der Waals surface area contributed by atoms with Crippen molar-refractivity contribution in [2.75, 3.05) is 45.8 Å². The van der Waals surface area contributed by atoms with E-state index >= 15 is 0 Å². The van der Waals surface area contributed by atoms with Crippen LogP contribution in [0.1, 0.15) is 37.8 Å². The van der Waals surface area contributed by atoms with E-state index in [1.54, 1.807) is 19.1 Å². The Morgan fingerprint density at radius 3 is 2.48 bits per heavy atom. The molecule has 2 aliphatic heterocycles. The molecule has 2 atom stereocenters. The summed E-state index contributed by atoms with van der Waals surface area (Å²) in [5, 5.41) is 0.159. The maximum Gasteiger partial charge on any atom is 0.219 e. The van der Waals surface area contributed by atoms with Crippen LogP contribution in [0.15, 0.2) is 35.9 Å². The van der Waals surface area contributed by atoms with Crippen molar-refractivity contribution in [2.45, 2.75) is 37.5 Å². The van der Waals surface area contributed by atoms with E-state index in [0.717, 1.165) is 58.5 Å². The summed E-state index contributed by atoms with van der Waals surface area (Å²) < 4.78 is 14.6. The molecule has 1 amide bonds. The van der Waals surface area contributed by atoms with Crippen LogP contribution >= 0.6 is 12.6 Å². The van der Waals surface area contributed by atoms with Gasteiger partial charge in [0.25, 0.3) is 0 Å². The number of hydrogen-bond donors (Lipinski definition) is 1. The summed E-state index contributed by atoms with van der Waals surface area (Å²) in [5.41, 5.74) is 1.70. The Morgan fingerprint density at radius 1 is 1.13 bits per heavy atom. The molecule has 2 unspecified atom stereocenters. The van der Waals surface area contributed by atoms with Crippen LogP contribution in [0.2, 0.25) is 0 Å². The van der Waals surface area contributed by atoms with Crippen LogP contribution in [0.3, 0.4) is 0 Å². The summed E-state index contributed by atoms with van der Waals surface area (Å²) >= 11 is 4.79. The van der Waals surface area contributed by atoms with Crippen molar-refractivity contribution in [1.82, 2.24) is 14.7 Å². The van der Waals surface area contributed by atoms with Gasteiger partial charge in [0.05, 0.1) is 6.04 Å². The normalized spacial score (nSPS) is 25.6. The zero-order chi connectivity index (χ0) is 22.0. The van der Waals surface area contributed by atoms with Gasteiger partial charge in [0.2, 0.25) is 5.91 Å². The number of thiol groups is 1. The average Bonchev–Trinajstić information content (AvgIpc) is 3.61. The van der Waals surface area contributed by atoms with Gasteiger partial charge < -0.3 is 4.90 Å². The van der Waals surface area contributed by atoms with Crippen LogP contribution in [0.25, 0.3) is 0 Å². The smallest absolute Gasteiger partial charge is 0.219 e. The SMILES string of the molecule is CC(=O)N1CCN(CC=C2CN(C(C(=O)C3CC3)c3ccccc3F)CCC2S)CC1. The summed E-state index contributed by atoms with van der Waals surface area (Å²) in [6, 6.07) is 6.18. The number of halogens is 1. The lowest BCUT2D eigenvalue weighted by Crippen LogP contribution is -2.48. The standard InChI is InChI=1S/C24H32FN3O2S/c1-17(29)27-14-12-26(13-15-27)10-8-19-16-28(11-9-22(19)31)23(24(30)18-6-7-18)20-4-2-3-5-21(20)25/h2-5,8,18,22-23,31H,6-7,9-16H2,1H3. The monoisotopic (exact) mass is 445 g/mol. The molecule has 31 heavy (non-hydrogen) atoms. The molecule has 3 aliphatic rings. The van der Waals surface area contributed by atoms with Crippen LogP contribution in [-0.4, -0.2) is 77.5 Å². The van der Waals surface area contributed by atoms with Gasteiger partial charge in [0.1, 0.15) is 5.82 Å². The van der Waals surface area contributed by atoms with Gasteiger partial charge in [-0.1, -0.05) is 24.3 Å². The van der Waals surface area contributed by atoms with Crippen LogP contribution in [0.5, 0.6) is 0 Å². The first-order valence-electron chi connectivity index (χ1n) is 11.3. The summed E-state index contributed by atoms with van der Waals surface area (Å²) in [7, 11) is 0. The first kappa shape index (κ1) is 22.5. The van der Waals surface area contributed by atoms with Gasteiger partial charge in [-0.2, -0.15) is 12.6 Å². The average molecular weight is 446 g/mol. The minimum absolute atomic E-state index is 0.0725. The van der Waals surface area contributed by atoms with E-state index in [0.29, 0.717) is 12.1 Å². The van der Waals surface area contributed by atoms with E-state index in [9.17, 15) is 14.0 Å². The van der Waals surface area contributed by atoms with E-state index in [-0.39, 0.29) is 28.7 Å². The first-order valence-corrected chi connectivity index (χ1v) is 11.8. The zero-order valence-electron chi connectivity index (χ0n) is 18.2. The van der Waals surface area contributed by atoms with Gasteiger partial charge in [-0.3, -0.25) is 19.4 Å². The van der Waals surface area contributed by atoms with E-state index in [4.69, 9.17) is 12.6 Å². The molecule has 2 saturated heterocycles. The highest BCUT2D eigenvalue weighted by molar-refractivity contribution is 7.81. The summed E-state index contributed by atoms with van der Waals surface area (Å²) in [5.74, 6) is 0.0602. The Kier molecular flexibility index (Phi) is 7.14. The van der Waals surface area contributed by atoms with E-state index in [2.05, 4.69) is 15.9 Å². The fraction of sp³-hybridized carbons (Fsp3) is 0.583. The highest BCUT2D eigenvalue weighted by Crippen LogP contribution is 2.39. The molecule has 1 aliphatic carbocycles. The second-order valence-electron chi connectivity index (χ2n) is 8.96. The van der Waals surface area contributed by atoms with E-state index < -0.39 is 6.04 Å². The van der Waals surface area contributed by atoms with Crippen LogP contribution < -0.4 is 0 Å². The number of benzene rings is 1. The quantitative estimate of drug-likeness (QED) is 0.540. The zero-order valence-corrected chi connectivity index (χ0v) is 19.1. The minimum atomic E-state index is -0.517. The molecule has 1 aromatic carbocycles. The molecule has 1 saturated carbocycles. The number of likely N-dealkylation sites (tertiary alicyclic amines) is 1. The van der Waals surface area contributed by atoms with Gasteiger partial charge >= 0.3 is 0 Å². The molecule has 3 fully saturated rings. The lowest BCUT2D eigenvalue weighted by molar-refractivity contribution is -0.130. The summed E-state index contributed by atoms with van der Waals surface area (Å²) in [6.45, 7) is 7.06. The van der Waals surface area contributed by atoms with Crippen LogP contribution in [0.4, 0.5) is 4.39 Å². The first-order chi connectivity index (χ1) is 14.9. The number of amides is 1. The molecular formula is C24H32FN3O2S. The lowest BCUT2D eigenvalue weighted by Gasteiger charge is -2.38. The number of ketones is 1. The molecule has 168 valence electrons. The molecule has 7 heteroatoms. The molecule has 0 bridgehead atoms. The molecule has 0 N–H and O–H groups in total.